The number of para-hydroxylation sites is 1. The van der Waals surface area contributed by atoms with Crippen LogP contribution in [0.5, 0.6) is 0 Å². The van der Waals surface area contributed by atoms with Gasteiger partial charge in [0.1, 0.15) is 6.54 Å². The molecule has 1 aromatic carbocycles. The molecule has 0 unspecified atom stereocenters. The van der Waals surface area contributed by atoms with Gasteiger partial charge in [-0.1, -0.05) is 24.6 Å². The summed E-state index contributed by atoms with van der Waals surface area (Å²) in [5, 5.41) is 9.32. The van der Waals surface area contributed by atoms with E-state index in [1.54, 1.807) is 0 Å². The summed E-state index contributed by atoms with van der Waals surface area (Å²) in [6.07, 6.45) is 3.95. The lowest BCUT2D eigenvalue weighted by molar-refractivity contribution is -0.114. The molecular weight excluding hydrogens is 429 g/mol. The average molecular weight is 459 g/mol. The smallest absolute Gasteiger partial charge is 0.246 e. The summed E-state index contributed by atoms with van der Waals surface area (Å²) in [7, 11) is 0. The van der Waals surface area contributed by atoms with Crippen LogP contribution in [0.25, 0.3) is 0 Å². The van der Waals surface area contributed by atoms with E-state index in [1.165, 1.54) is 32.4 Å². The van der Waals surface area contributed by atoms with Gasteiger partial charge in [-0.25, -0.2) is 4.99 Å². The number of carbonyl (C=O) groups is 1. The van der Waals surface area contributed by atoms with Crippen LogP contribution in [0.15, 0.2) is 35.3 Å². The van der Waals surface area contributed by atoms with Gasteiger partial charge in [-0.3, -0.25) is 4.79 Å². The second kappa shape index (κ2) is 12.9. The van der Waals surface area contributed by atoms with Crippen LogP contribution in [-0.4, -0.2) is 56.0 Å². The van der Waals surface area contributed by atoms with Crippen molar-refractivity contribution >= 4 is 41.5 Å². The van der Waals surface area contributed by atoms with Crippen LogP contribution in [0, 0.1) is 0 Å². The number of nitrogens with zero attached hydrogens (tertiary/aromatic N) is 2. The van der Waals surface area contributed by atoms with E-state index in [9.17, 15) is 4.79 Å². The van der Waals surface area contributed by atoms with Crippen molar-refractivity contribution in [1.82, 2.24) is 15.5 Å². The molecule has 0 aromatic heterocycles. The number of hydrogen-bond acceptors (Lipinski definition) is 3. The number of halogens is 1. The number of carbonyl (C=O) groups excluding carboxylic acids is 1. The Morgan fingerprint density at radius 1 is 1.12 bits per heavy atom. The first-order valence-electron chi connectivity index (χ1n) is 8.87. The van der Waals surface area contributed by atoms with Crippen LogP contribution >= 0.6 is 24.0 Å². The lowest BCUT2D eigenvalue weighted by Crippen LogP contribution is -2.43. The van der Waals surface area contributed by atoms with Gasteiger partial charge in [0.05, 0.1) is 0 Å². The van der Waals surface area contributed by atoms with Gasteiger partial charge in [0, 0.05) is 25.3 Å². The normalized spacial score (nSPS) is 15.2. The molecule has 1 aromatic rings. The van der Waals surface area contributed by atoms with Crippen molar-refractivity contribution in [3.63, 3.8) is 0 Å². The zero-order valence-electron chi connectivity index (χ0n) is 15.0. The Bertz CT molecular complexity index is 517. The Morgan fingerprint density at radius 2 is 1.84 bits per heavy atom. The molecule has 1 aliphatic heterocycles. The summed E-state index contributed by atoms with van der Waals surface area (Å²) < 4.78 is 0. The molecular formula is C18H30IN5O. The first-order chi connectivity index (χ1) is 11.8. The molecule has 0 radical (unpaired) electrons. The minimum absolute atomic E-state index is 0. The third kappa shape index (κ3) is 9.06. The molecule has 25 heavy (non-hydrogen) atoms. The van der Waals surface area contributed by atoms with Crippen molar-refractivity contribution in [2.45, 2.75) is 26.2 Å². The number of benzene rings is 1. The van der Waals surface area contributed by atoms with E-state index in [0.717, 1.165) is 25.3 Å². The maximum atomic E-state index is 12.0. The third-order valence-corrected chi connectivity index (χ3v) is 3.95. The molecule has 2 rings (SSSR count). The first-order valence-corrected chi connectivity index (χ1v) is 8.87. The molecule has 1 aliphatic rings. The molecule has 0 bridgehead atoms. The molecule has 1 fully saturated rings. The highest BCUT2D eigenvalue weighted by atomic mass is 127. The molecule has 6 nitrogen and oxygen atoms in total. The molecule has 3 N–H and O–H groups in total. The van der Waals surface area contributed by atoms with Gasteiger partial charge in [0.15, 0.2) is 5.96 Å². The second-order valence-electron chi connectivity index (χ2n) is 5.94. The van der Waals surface area contributed by atoms with Crippen LogP contribution in [-0.2, 0) is 4.79 Å². The topological polar surface area (TPSA) is 68.8 Å². The maximum absolute atomic E-state index is 12.0. The monoisotopic (exact) mass is 459 g/mol. The molecule has 1 saturated heterocycles. The van der Waals surface area contributed by atoms with Gasteiger partial charge in [-0.05, 0) is 45.0 Å². The fraction of sp³-hybridized carbons (Fsp3) is 0.556. The summed E-state index contributed by atoms with van der Waals surface area (Å²) in [6.45, 7) is 7.13. The number of amides is 1. The van der Waals surface area contributed by atoms with E-state index in [1.807, 2.05) is 37.3 Å². The molecule has 0 saturated carbocycles. The van der Waals surface area contributed by atoms with Crippen molar-refractivity contribution < 1.29 is 4.79 Å². The lowest BCUT2D eigenvalue weighted by Gasteiger charge is -2.26. The van der Waals surface area contributed by atoms with Gasteiger partial charge in [0.2, 0.25) is 5.91 Å². The Labute approximate surface area is 167 Å². The predicted octanol–water partition coefficient (Wildman–Crippen LogP) is 2.28. The fourth-order valence-corrected chi connectivity index (χ4v) is 2.73. The van der Waals surface area contributed by atoms with E-state index in [0.29, 0.717) is 5.96 Å². The number of piperidine rings is 1. The molecule has 1 heterocycles. The van der Waals surface area contributed by atoms with Crippen LogP contribution in [0.4, 0.5) is 5.69 Å². The van der Waals surface area contributed by atoms with Crippen molar-refractivity contribution in [1.29, 1.82) is 0 Å². The zero-order chi connectivity index (χ0) is 17.0. The van der Waals surface area contributed by atoms with E-state index in [2.05, 4.69) is 25.8 Å². The van der Waals surface area contributed by atoms with Crippen LogP contribution in [0.1, 0.15) is 26.2 Å². The van der Waals surface area contributed by atoms with Gasteiger partial charge < -0.3 is 20.9 Å². The molecule has 140 valence electrons. The van der Waals surface area contributed by atoms with Crippen molar-refractivity contribution in [2.75, 3.05) is 44.6 Å². The predicted molar refractivity (Wildman–Crippen MR) is 115 cm³/mol. The highest BCUT2D eigenvalue weighted by Gasteiger charge is 2.09. The van der Waals surface area contributed by atoms with E-state index < -0.39 is 0 Å². The van der Waals surface area contributed by atoms with Crippen LogP contribution in [0.2, 0.25) is 0 Å². The Morgan fingerprint density at radius 3 is 2.52 bits per heavy atom. The minimum Gasteiger partial charge on any atom is -0.357 e. The maximum Gasteiger partial charge on any atom is 0.246 e. The number of rotatable bonds is 7. The van der Waals surface area contributed by atoms with Crippen LogP contribution in [0.3, 0.4) is 0 Å². The zero-order valence-corrected chi connectivity index (χ0v) is 17.3. The van der Waals surface area contributed by atoms with Crippen LogP contribution < -0.4 is 16.0 Å². The van der Waals surface area contributed by atoms with Gasteiger partial charge >= 0.3 is 0 Å². The quantitative estimate of drug-likeness (QED) is 0.333. The average Bonchev–Trinajstić information content (AvgIpc) is 2.61. The number of nitrogens with one attached hydrogen (secondary N) is 3. The van der Waals surface area contributed by atoms with Crippen molar-refractivity contribution in [2.24, 2.45) is 4.99 Å². The fourth-order valence-electron chi connectivity index (χ4n) is 2.73. The number of likely N-dealkylation sites (tertiary alicyclic amines) is 1. The standard InChI is InChI=1S/C18H29N5O.HI/c1-2-19-18(20-11-14-23-12-7-4-8-13-23)21-15-17(24)22-16-9-5-3-6-10-16;/h3,5-6,9-10H,2,4,7-8,11-15H2,1H3,(H,22,24)(H2,19,20,21);1H. The summed E-state index contributed by atoms with van der Waals surface area (Å²) in [4.78, 5) is 18.8. The summed E-state index contributed by atoms with van der Waals surface area (Å²) in [5.74, 6) is 0.576. The minimum atomic E-state index is -0.116. The number of hydrogen-bond donors (Lipinski definition) is 3. The highest BCUT2D eigenvalue weighted by Crippen LogP contribution is 2.07. The number of anilines is 1. The summed E-state index contributed by atoms with van der Waals surface area (Å²) in [6, 6.07) is 9.44. The Kier molecular flexibility index (Phi) is 11.2. The van der Waals surface area contributed by atoms with Gasteiger partial charge in [-0.15, -0.1) is 24.0 Å². The van der Waals surface area contributed by atoms with E-state index >= 15 is 0 Å². The van der Waals surface area contributed by atoms with E-state index in [-0.39, 0.29) is 36.4 Å². The Hall–Kier alpha value is -1.35. The molecule has 0 atom stereocenters. The highest BCUT2D eigenvalue weighted by molar-refractivity contribution is 14.0. The SMILES string of the molecule is CCNC(=NCC(=O)Nc1ccccc1)NCCN1CCCCC1.I. The second-order valence-corrected chi connectivity index (χ2v) is 5.94. The number of guanidine groups is 1. The number of aliphatic imine (C=N–C) groups is 1. The van der Waals surface area contributed by atoms with Crippen molar-refractivity contribution in [3.8, 4) is 0 Å². The first kappa shape index (κ1) is 21.7. The lowest BCUT2D eigenvalue weighted by atomic mass is 10.1. The Balaban J connectivity index is 0.00000312. The molecule has 7 heteroatoms. The van der Waals surface area contributed by atoms with Crippen molar-refractivity contribution in [3.05, 3.63) is 30.3 Å². The molecule has 0 aliphatic carbocycles. The van der Waals surface area contributed by atoms with E-state index in [4.69, 9.17) is 0 Å². The van der Waals surface area contributed by atoms with Gasteiger partial charge in [-0.2, -0.15) is 0 Å². The summed E-state index contributed by atoms with van der Waals surface area (Å²) >= 11 is 0. The molecule has 1 amide bonds. The van der Waals surface area contributed by atoms with Gasteiger partial charge in [0.25, 0.3) is 0 Å². The summed E-state index contributed by atoms with van der Waals surface area (Å²) in [5.41, 5.74) is 0.792. The third-order valence-electron chi connectivity index (χ3n) is 3.95. The largest absolute Gasteiger partial charge is 0.357 e. The molecule has 0 spiro atoms.